The first kappa shape index (κ1) is 29.5. The summed E-state index contributed by atoms with van der Waals surface area (Å²) in [6.07, 6.45) is 0. The highest BCUT2D eigenvalue weighted by molar-refractivity contribution is 5.98. The van der Waals surface area contributed by atoms with Crippen molar-refractivity contribution >= 4 is 22.9 Å². The number of hydrogen-bond acceptors (Lipinski definition) is 3. The number of ether oxygens (including phenoxy) is 1. The SMILES string of the molecule is CC1(C)c2ccccc2-c2[nH]/c(=N\C(=N)c3ccc(N4c5ccccc5C5(c6ccccc6Oc6ccccc65)c5ccccc54)cc3)ccc21. The van der Waals surface area contributed by atoms with Crippen molar-refractivity contribution in [1.82, 2.24) is 4.98 Å². The maximum atomic E-state index is 8.99. The first-order valence-corrected chi connectivity index (χ1v) is 17.4. The van der Waals surface area contributed by atoms with Gasteiger partial charge in [-0.05, 0) is 76.9 Å². The molecule has 51 heavy (non-hydrogen) atoms. The van der Waals surface area contributed by atoms with Crippen LogP contribution in [0.2, 0.25) is 0 Å². The summed E-state index contributed by atoms with van der Waals surface area (Å²) in [4.78, 5) is 10.6. The third kappa shape index (κ3) is 4.09. The Labute approximate surface area is 296 Å². The summed E-state index contributed by atoms with van der Waals surface area (Å²) in [5.41, 5.74) is 13.4. The number of nitrogens with zero attached hydrogens (tertiary/aromatic N) is 2. The Kier molecular flexibility index (Phi) is 6.22. The number of hydrogen-bond donors (Lipinski definition) is 2. The number of anilines is 3. The molecule has 0 saturated heterocycles. The van der Waals surface area contributed by atoms with E-state index in [9.17, 15) is 0 Å². The molecule has 0 fully saturated rings. The number of rotatable bonds is 2. The van der Waals surface area contributed by atoms with Crippen LogP contribution in [0.1, 0.15) is 52.8 Å². The fraction of sp³-hybridized carbons (Fsp3) is 0.0870. The topological polar surface area (TPSA) is 64.5 Å². The highest BCUT2D eigenvalue weighted by atomic mass is 16.5. The van der Waals surface area contributed by atoms with Crippen LogP contribution in [0.4, 0.5) is 17.1 Å². The summed E-state index contributed by atoms with van der Waals surface area (Å²) < 4.78 is 6.53. The lowest BCUT2D eigenvalue weighted by molar-refractivity contribution is 0.434. The first-order valence-electron chi connectivity index (χ1n) is 17.4. The second-order valence-electron chi connectivity index (χ2n) is 14.0. The van der Waals surface area contributed by atoms with Gasteiger partial charge in [0.15, 0.2) is 5.84 Å². The number of aromatic nitrogens is 1. The molecule has 2 N–H and O–H groups in total. The van der Waals surface area contributed by atoms with E-state index >= 15 is 0 Å². The highest BCUT2D eigenvalue weighted by Gasteiger charge is 2.51. The van der Waals surface area contributed by atoms with E-state index in [0.29, 0.717) is 5.49 Å². The van der Waals surface area contributed by atoms with E-state index in [2.05, 4.69) is 151 Å². The molecule has 0 amide bonds. The minimum absolute atomic E-state index is 0.0901. The van der Waals surface area contributed by atoms with Crippen LogP contribution in [0.5, 0.6) is 11.5 Å². The molecule has 0 atom stereocenters. The molecule has 2 aliphatic heterocycles. The molecule has 3 heterocycles. The highest BCUT2D eigenvalue weighted by Crippen LogP contribution is 2.62. The second kappa shape index (κ2) is 10.8. The van der Waals surface area contributed by atoms with Gasteiger partial charge in [-0.25, -0.2) is 4.99 Å². The maximum absolute atomic E-state index is 8.99. The number of para-hydroxylation sites is 4. The molecule has 1 aromatic heterocycles. The van der Waals surface area contributed by atoms with E-state index in [0.717, 1.165) is 50.9 Å². The number of aromatic amines is 1. The molecule has 244 valence electrons. The smallest absolute Gasteiger partial charge is 0.154 e. The average molecular weight is 659 g/mol. The number of benzene rings is 6. The molecule has 1 spiro atoms. The number of amidine groups is 1. The second-order valence-corrected chi connectivity index (χ2v) is 14.0. The van der Waals surface area contributed by atoms with E-state index in [-0.39, 0.29) is 11.3 Å². The largest absolute Gasteiger partial charge is 0.457 e. The van der Waals surface area contributed by atoms with E-state index < -0.39 is 5.41 Å². The zero-order chi connectivity index (χ0) is 34.3. The van der Waals surface area contributed by atoms with Gasteiger partial charge in [0.05, 0.1) is 22.5 Å². The summed E-state index contributed by atoms with van der Waals surface area (Å²) in [7, 11) is 0. The lowest BCUT2D eigenvalue weighted by Gasteiger charge is -2.48. The third-order valence-electron chi connectivity index (χ3n) is 11.0. The third-order valence-corrected chi connectivity index (χ3v) is 11.0. The molecule has 5 heteroatoms. The van der Waals surface area contributed by atoms with Crippen molar-refractivity contribution in [2.75, 3.05) is 4.90 Å². The van der Waals surface area contributed by atoms with Crippen molar-refractivity contribution in [2.45, 2.75) is 24.7 Å². The summed E-state index contributed by atoms with van der Waals surface area (Å²) in [5.74, 6) is 1.95. The van der Waals surface area contributed by atoms with Crippen molar-refractivity contribution in [2.24, 2.45) is 4.99 Å². The number of H-pyrrole nitrogens is 1. The van der Waals surface area contributed by atoms with Crippen LogP contribution < -0.4 is 15.1 Å². The fourth-order valence-electron chi connectivity index (χ4n) is 8.72. The molecule has 3 aliphatic rings. The molecule has 5 nitrogen and oxygen atoms in total. The molecule has 0 saturated carbocycles. The van der Waals surface area contributed by atoms with Crippen molar-refractivity contribution < 1.29 is 4.74 Å². The lowest BCUT2D eigenvalue weighted by Crippen LogP contribution is -2.39. The van der Waals surface area contributed by atoms with Gasteiger partial charge in [-0.3, -0.25) is 5.41 Å². The van der Waals surface area contributed by atoms with Gasteiger partial charge in [0, 0.05) is 33.4 Å². The van der Waals surface area contributed by atoms with E-state index in [4.69, 9.17) is 15.1 Å². The van der Waals surface area contributed by atoms with Crippen LogP contribution in [0.25, 0.3) is 11.3 Å². The Morgan fingerprint density at radius 2 is 1.10 bits per heavy atom. The van der Waals surface area contributed by atoms with Gasteiger partial charge < -0.3 is 14.6 Å². The summed E-state index contributed by atoms with van der Waals surface area (Å²) >= 11 is 0. The minimum atomic E-state index is -0.571. The number of nitrogens with one attached hydrogen (secondary N) is 2. The Bertz CT molecular complexity index is 2540. The first-order chi connectivity index (χ1) is 25.0. The molecule has 10 rings (SSSR count). The van der Waals surface area contributed by atoms with Gasteiger partial charge in [-0.1, -0.05) is 117 Å². The predicted octanol–water partition coefficient (Wildman–Crippen LogP) is 10.5. The molecule has 0 unspecified atom stereocenters. The van der Waals surface area contributed by atoms with Gasteiger partial charge in [0.2, 0.25) is 0 Å². The van der Waals surface area contributed by atoms with Gasteiger partial charge in [-0.2, -0.15) is 0 Å². The Morgan fingerprint density at radius 1 is 0.569 bits per heavy atom. The van der Waals surface area contributed by atoms with Crippen LogP contribution in [0.3, 0.4) is 0 Å². The molecular weight excluding hydrogens is 625 g/mol. The lowest BCUT2D eigenvalue weighted by atomic mass is 9.61. The molecule has 6 aromatic carbocycles. The van der Waals surface area contributed by atoms with Crippen molar-refractivity contribution in [3.8, 4) is 22.8 Å². The van der Waals surface area contributed by atoms with Crippen LogP contribution in [0.15, 0.2) is 163 Å². The quantitative estimate of drug-likeness (QED) is 0.143. The molecule has 7 aromatic rings. The van der Waals surface area contributed by atoms with E-state index in [1.54, 1.807) is 0 Å². The molecular formula is C46H34N4O. The Balaban J connectivity index is 1.07. The van der Waals surface area contributed by atoms with E-state index in [1.807, 2.05) is 30.3 Å². The fourth-order valence-corrected chi connectivity index (χ4v) is 8.72. The Hall–Kier alpha value is -6.46. The van der Waals surface area contributed by atoms with Gasteiger partial charge in [0.25, 0.3) is 0 Å². The van der Waals surface area contributed by atoms with Crippen LogP contribution in [-0.4, -0.2) is 10.8 Å². The van der Waals surface area contributed by atoms with Gasteiger partial charge in [-0.15, -0.1) is 0 Å². The molecule has 0 radical (unpaired) electrons. The molecule has 0 bridgehead atoms. The summed E-state index contributed by atoms with van der Waals surface area (Å²) in [5, 5.41) is 8.99. The van der Waals surface area contributed by atoms with Gasteiger partial charge >= 0.3 is 0 Å². The molecule has 1 aliphatic carbocycles. The van der Waals surface area contributed by atoms with Crippen LogP contribution >= 0.6 is 0 Å². The van der Waals surface area contributed by atoms with Gasteiger partial charge in [0.1, 0.15) is 17.0 Å². The summed E-state index contributed by atoms with van der Waals surface area (Å²) in [6, 6.07) is 55.1. The minimum Gasteiger partial charge on any atom is -0.457 e. The van der Waals surface area contributed by atoms with Crippen molar-refractivity contribution in [3.05, 3.63) is 202 Å². The maximum Gasteiger partial charge on any atom is 0.154 e. The number of pyridine rings is 1. The van der Waals surface area contributed by atoms with E-state index in [1.165, 1.54) is 27.8 Å². The Morgan fingerprint density at radius 3 is 1.73 bits per heavy atom. The zero-order valence-corrected chi connectivity index (χ0v) is 28.3. The van der Waals surface area contributed by atoms with Crippen LogP contribution in [0, 0.1) is 5.41 Å². The zero-order valence-electron chi connectivity index (χ0n) is 28.3. The monoisotopic (exact) mass is 658 g/mol. The number of fused-ring (bicyclic) bond motifs is 11. The average Bonchev–Trinajstić information content (AvgIpc) is 3.40. The van der Waals surface area contributed by atoms with Crippen molar-refractivity contribution in [1.29, 1.82) is 5.41 Å². The predicted molar refractivity (Wildman–Crippen MR) is 204 cm³/mol. The standard InChI is InChI=1S/C46H34N4O/c1-45(2)32-14-4-3-13-31(32)43-37(45)27-28-42(48-43)49-44(47)29-23-25-30(26-24-29)50-38-19-9-5-15-33(38)46(34-16-6-10-20-39(34)50)35-17-7-11-21-40(35)51-41-22-12-8-18-36(41)46/h3-28H,1-2H3,(H2,47,48,49). The van der Waals surface area contributed by atoms with Crippen LogP contribution in [-0.2, 0) is 10.8 Å². The summed E-state index contributed by atoms with van der Waals surface area (Å²) in [6.45, 7) is 4.51. The normalized spacial score (nSPS) is 15.5. The van der Waals surface area contributed by atoms with Crippen molar-refractivity contribution in [3.63, 3.8) is 0 Å².